The van der Waals surface area contributed by atoms with E-state index in [4.69, 9.17) is 13.8 Å². The van der Waals surface area contributed by atoms with Crippen LogP contribution in [0.2, 0.25) is 0 Å². The fourth-order valence-electron chi connectivity index (χ4n) is 11.9. The summed E-state index contributed by atoms with van der Waals surface area (Å²) in [6.45, 7) is 4.70. The highest BCUT2D eigenvalue weighted by atomic mass is 16.3. The number of hydrogen-bond donors (Lipinski definition) is 0. The third kappa shape index (κ3) is 5.84. The topological polar surface area (TPSA) is 49.0 Å². The van der Waals surface area contributed by atoms with Crippen molar-refractivity contribution in [3.63, 3.8) is 0 Å². The van der Waals surface area contributed by atoms with Crippen LogP contribution in [-0.2, 0) is 5.41 Å². The first-order valence-corrected chi connectivity index (χ1v) is 24.3. The van der Waals surface area contributed by atoms with E-state index < -0.39 is 0 Å². The molecule has 5 heteroatoms. The SMILES string of the molecule is CC1(C)c2ccccc2-c2cc3c(cc21)c1cc2ccccc2cc1n3-c1ccc(-c2cccc3oc4ccccc4c23)cn1.c1ccc(-n2c3ccccc3c3cc4oc5ccccc5c4cc32)cc1. The van der Waals surface area contributed by atoms with Crippen LogP contribution >= 0.6 is 0 Å². The number of fused-ring (bicyclic) bond motifs is 16. The molecule has 334 valence electrons. The molecule has 0 unspecified atom stereocenters. The monoisotopic (exact) mass is 909 g/mol. The number of furan rings is 2. The predicted octanol–water partition coefficient (Wildman–Crippen LogP) is 17.9. The molecule has 1 aliphatic carbocycles. The summed E-state index contributed by atoms with van der Waals surface area (Å²) in [4.78, 5) is 5.15. The van der Waals surface area contributed by atoms with Crippen LogP contribution < -0.4 is 0 Å². The summed E-state index contributed by atoms with van der Waals surface area (Å²) in [5.41, 5.74) is 17.1. The van der Waals surface area contributed by atoms with Gasteiger partial charge in [-0.2, -0.15) is 0 Å². The van der Waals surface area contributed by atoms with Gasteiger partial charge in [0.15, 0.2) is 0 Å². The van der Waals surface area contributed by atoms with Gasteiger partial charge in [0, 0.05) is 66.0 Å². The van der Waals surface area contributed by atoms with Crippen molar-refractivity contribution >= 4 is 98.3 Å². The molecule has 0 radical (unpaired) electrons. The molecular weight excluding hydrogens is 867 g/mol. The van der Waals surface area contributed by atoms with E-state index in [1.165, 1.54) is 82.3 Å². The number of pyridine rings is 1. The molecule has 16 rings (SSSR count). The summed E-state index contributed by atoms with van der Waals surface area (Å²) in [5.74, 6) is 0.906. The Morgan fingerprint density at radius 2 is 0.986 bits per heavy atom. The van der Waals surface area contributed by atoms with Crippen LogP contribution in [0.3, 0.4) is 0 Å². The summed E-state index contributed by atoms with van der Waals surface area (Å²) in [6, 6.07) is 77.7. The molecule has 0 aliphatic heterocycles. The van der Waals surface area contributed by atoms with Gasteiger partial charge in [-0.25, -0.2) is 4.98 Å². The lowest BCUT2D eigenvalue weighted by molar-refractivity contribution is 0.661. The molecule has 0 N–H and O–H groups in total. The van der Waals surface area contributed by atoms with E-state index in [1.807, 2.05) is 36.5 Å². The Morgan fingerprint density at radius 1 is 0.366 bits per heavy atom. The number of aromatic nitrogens is 3. The number of benzene rings is 10. The van der Waals surface area contributed by atoms with E-state index in [-0.39, 0.29) is 5.41 Å². The Balaban J connectivity index is 0.000000147. The van der Waals surface area contributed by atoms with Crippen molar-refractivity contribution in [1.82, 2.24) is 14.1 Å². The molecule has 0 amide bonds. The summed E-state index contributed by atoms with van der Waals surface area (Å²) < 4.78 is 17.0. The summed E-state index contributed by atoms with van der Waals surface area (Å²) in [6.07, 6.45) is 2.01. The Hall–Kier alpha value is -9.19. The summed E-state index contributed by atoms with van der Waals surface area (Å²) >= 11 is 0. The summed E-state index contributed by atoms with van der Waals surface area (Å²) in [7, 11) is 0. The molecule has 1 aliphatic rings. The third-order valence-electron chi connectivity index (χ3n) is 15.2. The molecule has 0 fully saturated rings. The normalized spacial score (nSPS) is 13.0. The minimum atomic E-state index is -0.0659. The van der Waals surface area contributed by atoms with Gasteiger partial charge in [-0.05, 0) is 124 Å². The quantitative estimate of drug-likeness (QED) is 0.177. The van der Waals surface area contributed by atoms with Crippen LogP contribution in [0.4, 0.5) is 0 Å². The van der Waals surface area contributed by atoms with Gasteiger partial charge < -0.3 is 13.4 Å². The maximum Gasteiger partial charge on any atom is 0.137 e. The Morgan fingerprint density at radius 3 is 1.82 bits per heavy atom. The van der Waals surface area contributed by atoms with Gasteiger partial charge in [0.2, 0.25) is 0 Å². The average Bonchev–Trinajstić information content (AvgIpc) is 4.20. The molecular formula is C66H43N3O2. The van der Waals surface area contributed by atoms with Crippen molar-refractivity contribution in [3.05, 3.63) is 236 Å². The molecule has 5 heterocycles. The maximum atomic E-state index is 6.18. The number of nitrogens with zero attached hydrogens (tertiary/aromatic N) is 3. The van der Waals surface area contributed by atoms with Crippen LogP contribution in [0, 0.1) is 0 Å². The highest BCUT2D eigenvalue weighted by molar-refractivity contribution is 6.18. The van der Waals surface area contributed by atoms with Crippen molar-refractivity contribution in [2.75, 3.05) is 0 Å². The molecule has 5 nitrogen and oxygen atoms in total. The van der Waals surface area contributed by atoms with Gasteiger partial charge in [-0.15, -0.1) is 0 Å². The van der Waals surface area contributed by atoms with E-state index in [1.54, 1.807) is 0 Å². The molecule has 0 saturated carbocycles. The second-order valence-electron chi connectivity index (χ2n) is 19.5. The molecule has 15 aromatic rings. The predicted molar refractivity (Wildman–Crippen MR) is 294 cm³/mol. The lowest BCUT2D eigenvalue weighted by Gasteiger charge is -2.21. The fourth-order valence-corrected chi connectivity index (χ4v) is 11.9. The summed E-state index contributed by atoms with van der Waals surface area (Å²) in [5, 5.41) is 12.0. The lowest BCUT2D eigenvalue weighted by atomic mass is 9.82. The molecule has 0 bridgehead atoms. The smallest absolute Gasteiger partial charge is 0.137 e. The van der Waals surface area contributed by atoms with E-state index >= 15 is 0 Å². The van der Waals surface area contributed by atoms with Gasteiger partial charge in [-0.3, -0.25) is 4.57 Å². The van der Waals surface area contributed by atoms with Crippen LogP contribution in [-0.4, -0.2) is 14.1 Å². The first kappa shape index (κ1) is 39.8. The molecule has 5 aromatic heterocycles. The van der Waals surface area contributed by atoms with Crippen LogP contribution in [0.5, 0.6) is 0 Å². The Labute approximate surface area is 408 Å². The molecule has 0 spiro atoms. The van der Waals surface area contributed by atoms with E-state index in [0.717, 1.165) is 60.8 Å². The largest absolute Gasteiger partial charge is 0.456 e. The fraction of sp³-hybridized carbons (Fsp3) is 0.0455. The van der Waals surface area contributed by atoms with E-state index in [2.05, 4.69) is 211 Å². The highest BCUT2D eigenvalue weighted by Gasteiger charge is 2.36. The molecule has 71 heavy (non-hydrogen) atoms. The zero-order valence-electron chi connectivity index (χ0n) is 39.0. The minimum absolute atomic E-state index is 0.0659. The van der Waals surface area contributed by atoms with Crippen molar-refractivity contribution in [2.45, 2.75) is 19.3 Å². The van der Waals surface area contributed by atoms with E-state index in [0.29, 0.717) is 0 Å². The second kappa shape index (κ2) is 14.9. The number of para-hydroxylation sites is 4. The van der Waals surface area contributed by atoms with Crippen LogP contribution in [0.1, 0.15) is 25.0 Å². The van der Waals surface area contributed by atoms with Gasteiger partial charge in [0.1, 0.15) is 28.1 Å². The molecule has 0 atom stereocenters. The Bertz CT molecular complexity index is 4660. The van der Waals surface area contributed by atoms with Crippen molar-refractivity contribution in [2.24, 2.45) is 0 Å². The second-order valence-corrected chi connectivity index (χ2v) is 19.5. The van der Waals surface area contributed by atoms with Crippen molar-refractivity contribution in [1.29, 1.82) is 0 Å². The van der Waals surface area contributed by atoms with Gasteiger partial charge in [0.05, 0.1) is 22.1 Å². The minimum Gasteiger partial charge on any atom is -0.456 e. The zero-order chi connectivity index (χ0) is 47.0. The van der Waals surface area contributed by atoms with Gasteiger partial charge in [0.25, 0.3) is 0 Å². The third-order valence-corrected chi connectivity index (χ3v) is 15.2. The van der Waals surface area contributed by atoms with Crippen LogP contribution in [0.25, 0.3) is 132 Å². The van der Waals surface area contributed by atoms with Crippen molar-refractivity contribution < 1.29 is 8.83 Å². The first-order valence-electron chi connectivity index (χ1n) is 24.3. The number of hydrogen-bond acceptors (Lipinski definition) is 3. The number of rotatable bonds is 3. The Kier molecular flexibility index (Phi) is 8.35. The zero-order valence-corrected chi connectivity index (χ0v) is 39.0. The maximum absolute atomic E-state index is 6.18. The average molecular weight is 910 g/mol. The van der Waals surface area contributed by atoms with Crippen LogP contribution in [0.15, 0.2) is 233 Å². The van der Waals surface area contributed by atoms with Gasteiger partial charge in [-0.1, -0.05) is 147 Å². The standard InChI is InChI=1S/C42H28N2O.C24H15NO/c1-42(2)34-15-7-5-12-29(34)31-23-37-33(22-35(31)42)32-20-25-10-3-4-11-26(25)21-36(32)44(37)40-19-18-27(24-43-40)28-14-9-17-39-41(28)30-13-6-8-16-38(30)45-39;1-2-8-16(9-3-1)25-21-12-6-4-10-17(21)19-15-24-20(14-22(19)25)18-11-5-7-13-23(18)26-24/h3-24H,1-2H3;1-15H. The first-order chi connectivity index (χ1) is 35.0. The van der Waals surface area contributed by atoms with Gasteiger partial charge >= 0.3 is 0 Å². The van der Waals surface area contributed by atoms with Crippen molar-refractivity contribution in [3.8, 4) is 33.8 Å². The highest BCUT2D eigenvalue weighted by Crippen LogP contribution is 2.51. The molecule has 10 aromatic carbocycles. The molecule has 0 saturated heterocycles. The van der Waals surface area contributed by atoms with E-state index in [9.17, 15) is 0 Å². The lowest BCUT2D eigenvalue weighted by Crippen LogP contribution is -2.14.